The molecule has 0 unspecified atom stereocenters. The molecule has 5 heteroatoms. The van der Waals surface area contributed by atoms with Gasteiger partial charge in [-0.25, -0.2) is 8.42 Å². The van der Waals surface area contributed by atoms with Crippen molar-refractivity contribution in [3.8, 4) is 0 Å². The van der Waals surface area contributed by atoms with Crippen LogP contribution in [-0.4, -0.2) is 20.6 Å². The first-order chi connectivity index (χ1) is 7.45. The highest BCUT2D eigenvalue weighted by atomic mass is 32.2. The molecule has 0 spiro atoms. The molecular formula is C11H21NO3S. The minimum absolute atomic E-state index is 0.286. The first kappa shape index (κ1) is 15.2. The number of hydrogen-bond acceptors (Lipinski definition) is 3. The van der Waals surface area contributed by atoms with E-state index in [2.05, 4.69) is 6.58 Å². The summed E-state index contributed by atoms with van der Waals surface area (Å²) in [5.41, 5.74) is 0. The van der Waals surface area contributed by atoms with Crippen molar-refractivity contribution in [1.29, 1.82) is 0 Å². The highest BCUT2D eigenvalue weighted by Gasteiger charge is 2.06. The lowest BCUT2D eigenvalue weighted by Crippen LogP contribution is -2.28. The second-order valence-electron chi connectivity index (χ2n) is 3.89. The molecule has 0 aromatic carbocycles. The molecule has 0 bridgehead atoms. The summed E-state index contributed by atoms with van der Waals surface area (Å²) < 4.78 is 23.4. The fourth-order valence-corrected chi connectivity index (χ4v) is 1.88. The zero-order valence-electron chi connectivity index (χ0n) is 9.87. The number of rotatable bonds is 9. The third-order valence-corrected chi connectivity index (χ3v) is 2.71. The Morgan fingerprint density at radius 2 is 1.75 bits per heavy atom. The Kier molecular flexibility index (Phi) is 7.89. The fourth-order valence-electron chi connectivity index (χ4n) is 1.36. The molecule has 0 saturated carbocycles. The lowest BCUT2D eigenvalue weighted by molar-refractivity contribution is -0.119. The molecule has 94 valence electrons. The van der Waals surface area contributed by atoms with Crippen LogP contribution in [0.5, 0.6) is 0 Å². The highest BCUT2D eigenvalue weighted by Crippen LogP contribution is 2.07. The van der Waals surface area contributed by atoms with Gasteiger partial charge in [-0.15, -0.1) is 6.58 Å². The Balaban J connectivity index is 3.38. The first-order valence-corrected chi connectivity index (χ1v) is 7.46. The Morgan fingerprint density at radius 3 is 2.31 bits per heavy atom. The second kappa shape index (κ2) is 8.33. The van der Waals surface area contributed by atoms with Gasteiger partial charge >= 0.3 is 0 Å². The SMILES string of the molecule is C=CCCCCCCCC(=O)NS(C)(=O)=O. The first-order valence-electron chi connectivity index (χ1n) is 5.57. The molecule has 1 N–H and O–H groups in total. The predicted molar refractivity (Wildman–Crippen MR) is 65.5 cm³/mol. The van der Waals surface area contributed by atoms with Crippen LogP contribution in [0.1, 0.15) is 44.9 Å². The molecule has 0 rings (SSSR count). The highest BCUT2D eigenvalue weighted by molar-refractivity contribution is 7.89. The number of sulfonamides is 1. The standard InChI is InChI=1S/C11H21NO3S/c1-3-4-5-6-7-8-9-10-11(13)12-16(2,14)15/h3H,1,4-10H2,2H3,(H,12,13). The predicted octanol–water partition coefficient (Wildman–Crippen LogP) is 1.98. The molecule has 0 aliphatic rings. The van der Waals surface area contributed by atoms with Gasteiger partial charge in [0, 0.05) is 6.42 Å². The van der Waals surface area contributed by atoms with Gasteiger partial charge in [-0.05, 0) is 19.3 Å². The van der Waals surface area contributed by atoms with Crippen LogP contribution in [0.25, 0.3) is 0 Å². The quantitative estimate of drug-likeness (QED) is 0.500. The zero-order chi connectivity index (χ0) is 12.4. The van der Waals surface area contributed by atoms with E-state index in [4.69, 9.17) is 0 Å². The van der Waals surface area contributed by atoms with Crippen molar-refractivity contribution in [2.75, 3.05) is 6.26 Å². The Bertz CT molecular complexity index is 309. The lowest BCUT2D eigenvalue weighted by atomic mass is 10.1. The summed E-state index contributed by atoms with van der Waals surface area (Å²) in [5, 5.41) is 0. The lowest BCUT2D eigenvalue weighted by Gasteiger charge is -2.02. The third kappa shape index (κ3) is 11.2. The van der Waals surface area contributed by atoms with Crippen molar-refractivity contribution in [2.45, 2.75) is 44.9 Å². The summed E-state index contributed by atoms with van der Waals surface area (Å²) in [4.78, 5) is 11.1. The topological polar surface area (TPSA) is 63.2 Å². The average Bonchev–Trinajstić information content (AvgIpc) is 2.13. The molecule has 0 aromatic rings. The monoisotopic (exact) mass is 247 g/mol. The fraction of sp³-hybridized carbons (Fsp3) is 0.727. The molecule has 4 nitrogen and oxygen atoms in total. The van der Waals surface area contributed by atoms with Gasteiger partial charge in [-0.1, -0.05) is 25.3 Å². The second-order valence-corrected chi connectivity index (χ2v) is 5.64. The molecule has 0 saturated heterocycles. The van der Waals surface area contributed by atoms with Crippen molar-refractivity contribution < 1.29 is 13.2 Å². The molecule has 0 radical (unpaired) electrons. The Labute approximate surface area is 98.2 Å². The molecule has 0 fully saturated rings. The van der Waals surface area contributed by atoms with Gasteiger partial charge in [0.1, 0.15) is 0 Å². The van der Waals surface area contributed by atoms with Crippen molar-refractivity contribution in [2.24, 2.45) is 0 Å². The molecule has 0 aliphatic heterocycles. The number of amides is 1. The van der Waals surface area contributed by atoms with Gasteiger partial charge in [-0.2, -0.15) is 0 Å². The summed E-state index contributed by atoms with van der Waals surface area (Å²) in [6.07, 6.45) is 9.28. The Morgan fingerprint density at radius 1 is 1.19 bits per heavy atom. The van der Waals surface area contributed by atoms with E-state index >= 15 is 0 Å². The van der Waals surface area contributed by atoms with Crippen LogP contribution in [0, 0.1) is 0 Å². The van der Waals surface area contributed by atoms with Crippen LogP contribution in [0.15, 0.2) is 12.7 Å². The van der Waals surface area contributed by atoms with E-state index in [0.29, 0.717) is 0 Å². The number of carbonyl (C=O) groups is 1. The largest absolute Gasteiger partial charge is 0.274 e. The maximum absolute atomic E-state index is 11.1. The van der Waals surface area contributed by atoms with Gasteiger partial charge in [0.15, 0.2) is 0 Å². The van der Waals surface area contributed by atoms with Gasteiger partial charge in [-0.3, -0.25) is 9.52 Å². The van der Waals surface area contributed by atoms with E-state index in [0.717, 1.165) is 44.8 Å². The van der Waals surface area contributed by atoms with E-state index in [1.165, 1.54) is 0 Å². The minimum atomic E-state index is -3.39. The van der Waals surface area contributed by atoms with Crippen molar-refractivity contribution in [3.05, 3.63) is 12.7 Å². The molecule has 0 aromatic heterocycles. The molecule has 0 heterocycles. The molecule has 0 aliphatic carbocycles. The van der Waals surface area contributed by atoms with Crippen LogP contribution in [0.2, 0.25) is 0 Å². The molecule has 1 amide bonds. The number of hydrogen-bond donors (Lipinski definition) is 1. The summed E-state index contributed by atoms with van der Waals surface area (Å²) in [6.45, 7) is 3.64. The van der Waals surface area contributed by atoms with Crippen LogP contribution >= 0.6 is 0 Å². The van der Waals surface area contributed by atoms with Crippen molar-refractivity contribution >= 4 is 15.9 Å². The van der Waals surface area contributed by atoms with Crippen LogP contribution in [0.3, 0.4) is 0 Å². The Hall–Kier alpha value is -0.840. The molecular weight excluding hydrogens is 226 g/mol. The van der Waals surface area contributed by atoms with Gasteiger partial charge in [0.05, 0.1) is 6.26 Å². The van der Waals surface area contributed by atoms with E-state index in [-0.39, 0.29) is 6.42 Å². The zero-order valence-corrected chi connectivity index (χ0v) is 10.7. The normalized spacial score (nSPS) is 11.1. The van der Waals surface area contributed by atoms with Crippen LogP contribution in [0.4, 0.5) is 0 Å². The third-order valence-electron chi connectivity index (χ3n) is 2.11. The van der Waals surface area contributed by atoms with E-state index in [1.807, 2.05) is 10.8 Å². The van der Waals surface area contributed by atoms with E-state index in [9.17, 15) is 13.2 Å². The number of allylic oxidation sites excluding steroid dienone is 1. The maximum Gasteiger partial charge on any atom is 0.233 e. The minimum Gasteiger partial charge on any atom is -0.274 e. The van der Waals surface area contributed by atoms with Gasteiger partial charge in [0.25, 0.3) is 0 Å². The van der Waals surface area contributed by atoms with Crippen LogP contribution < -0.4 is 4.72 Å². The average molecular weight is 247 g/mol. The van der Waals surface area contributed by atoms with Gasteiger partial charge < -0.3 is 0 Å². The molecule has 0 atom stereocenters. The summed E-state index contributed by atoms with van der Waals surface area (Å²) in [7, 11) is -3.39. The molecule has 16 heavy (non-hydrogen) atoms. The van der Waals surface area contributed by atoms with E-state index < -0.39 is 15.9 Å². The van der Waals surface area contributed by atoms with Crippen LogP contribution in [-0.2, 0) is 14.8 Å². The number of unbranched alkanes of at least 4 members (excludes halogenated alkanes) is 5. The smallest absolute Gasteiger partial charge is 0.233 e. The maximum atomic E-state index is 11.1. The van der Waals surface area contributed by atoms with Crippen molar-refractivity contribution in [3.63, 3.8) is 0 Å². The van der Waals surface area contributed by atoms with E-state index in [1.54, 1.807) is 0 Å². The number of carbonyl (C=O) groups excluding carboxylic acids is 1. The number of nitrogens with one attached hydrogen (secondary N) is 1. The summed E-state index contributed by atoms with van der Waals surface area (Å²) in [5.74, 6) is -0.409. The summed E-state index contributed by atoms with van der Waals surface area (Å²) >= 11 is 0. The summed E-state index contributed by atoms with van der Waals surface area (Å²) in [6, 6.07) is 0. The van der Waals surface area contributed by atoms with Gasteiger partial charge in [0.2, 0.25) is 15.9 Å². The van der Waals surface area contributed by atoms with Crippen molar-refractivity contribution in [1.82, 2.24) is 4.72 Å².